The lowest BCUT2D eigenvalue weighted by atomic mass is 10.1. The minimum atomic E-state index is -0.590. The van der Waals surface area contributed by atoms with Crippen molar-refractivity contribution in [3.8, 4) is 0 Å². The van der Waals surface area contributed by atoms with Crippen molar-refractivity contribution in [3.63, 3.8) is 0 Å². The molecule has 1 rings (SSSR count). The van der Waals surface area contributed by atoms with Gasteiger partial charge in [-0.15, -0.1) is 0 Å². The molecule has 0 aromatic heterocycles. The van der Waals surface area contributed by atoms with Crippen LogP contribution in [-0.4, -0.2) is 40.5 Å². The Morgan fingerprint density at radius 2 is 2.21 bits per heavy atom. The molecule has 0 aliphatic heterocycles. The first-order valence-corrected chi connectivity index (χ1v) is 5.95. The van der Waals surface area contributed by atoms with E-state index in [1.807, 2.05) is 6.92 Å². The van der Waals surface area contributed by atoms with Gasteiger partial charge in [-0.25, -0.2) is 0 Å². The summed E-state index contributed by atoms with van der Waals surface area (Å²) in [6.45, 7) is 2.76. The summed E-state index contributed by atoms with van der Waals surface area (Å²) in [6.07, 6.45) is 0.488. The number of nitrogens with zero attached hydrogens (tertiary/aromatic N) is 2. The molecular weight excluding hydrogens is 250 g/mol. The summed E-state index contributed by atoms with van der Waals surface area (Å²) in [5, 5.41) is 19.4. The molecule has 0 aliphatic carbocycles. The highest BCUT2D eigenvalue weighted by Gasteiger charge is 2.18. The first kappa shape index (κ1) is 14.9. The van der Waals surface area contributed by atoms with Crippen LogP contribution in [0, 0.1) is 10.1 Å². The molecule has 1 aromatic rings. The van der Waals surface area contributed by atoms with Crippen LogP contribution in [0.4, 0.5) is 11.4 Å². The Hall–Kier alpha value is -2.15. The molecular formula is C12H17N3O4. The largest absolute Gasteiger partial charge is 0.396 e. The number of nitrogens with two attached hydrogens (primary N) is 1. The maximum Gasteiger partial charge on any atom is 0.292 e. The molecule has 1 aromatic carbocycles. The number of aliphatic hydroxyl groups excluding tert-OH is 1. The number of nitrogen functional groups attached to an aromatic ring is 1. The van der Waals surface area contributed by atoms with Gasteiger partial charge in [0.25, 0.3) is 11.6 Å². The molecule has 19 heavy (non-hydrogen) atoms. The summed E-state index contributed by atoms with van der Waals surface area (Å²) in [6, 6.07) is 3.92. The fourth-order valence-electron chi connectivity index (χ4n) is 1.70. The molecule has 7 heteroatoms. The molecule has 1 amide bonds. The van der Waals surface area contributed by atoms with Crippen LogP contribution in [0.3, 0.4) is 0 Å². The number of rotatable bonds is 6. The van der Waals surface area contributed by atoms with E-state index >= 15 is 0 Å². The number of hydrogen-bond acceptors (Lipinski definition) is 5. The third-order valence-corrected chi connectivity index (χ3v) is 2.73. The topological polar surface area (TPSA) is 110 Å². The predicted octanol–water partition coefficient (Wildman–Crippen LogP) is 1.02. The molecule has 0 spiro atoms. The average molecular weight is 267 g/mol. The molecule has 0 saturated heterocycles. The number of carbonyl (C=O) groups excluding carboxylic acids is 1. The van der Waals surface area contributed by atoms with Crippen molar-refractivity contribution in [3.05, 3.63) is 33.9 Å². The SMILES string of the molecule is CCN(CCCO)C(=O)c1ccc([N+](=O)[O-])c(N)c1. The van der Waals surface area contributed by atoms with E-state index < -0.39 is 4.92 Å². The Balaban J connectivity index is 2.93. The molecule has 104 valence electrons. The standard InChI is InChI=1S/C12H17N3O4/c1-2-14(6-3-7-16)12(17)9-4-5-11(15(18)19)10(13)8-9/h4-5,8,16H,2-3,6-7,13H2,1H3. The first-order valence-electron chi connectivity index (χ1n) is 5.95. The highest BCUT2D eigenvalue weighted by Crippen LogP contribution is 2.22. The second-order valence-electron chi connectivity index (χ2n) is 3.99. The van der Waals surface area contributed by atoms with Crippen molar-refractivity contribution in [2.24, 2.45) is 0 Å². The average Bonchev–Trinajstić information content (AvgIpc) is 2.38. The van der Waals surface area contributed by atoms with Gasteiger partial charge in [0.15, 0.2) is 0 Å². The second-order valence-corrected chi connectivity index (χ2v) is 3.99. The lowest BCUT2D eigenvalue weighted by Crippen LogP contribution is -2.32. The van der Waals surface area contributed by atoms with Crippen LogP contribution < -0.4 is 5.73 Å². The quantitative estimate of drug-likeness (QED) is 0.454. The van der Waals surface area contributed by atoms with Crippen LogP contribution in [0.2, 0.25) is 0 Å². The molecule has 0 unspecified atom stereocenters. The summed E-state index contributed by atoms with van der Waals surface area (Å²) in [5.74, 6) is -0.252. The number of hydrogen-bond donors (Lipinski definition) is 2. The van der Waals surface area contributed by atoms with Crippen molar-refractivity contribution in [2.45, 2.75) is 13.3 Å². The normalized spacial score (nSPS) is 10.2. The fraction of sp³-hybridized carbons (Fsp3) is 0.417. The summed E-state index contributed by atoms with van der Waals surface area (Å²) < 4.78 is 0. The van der Waals surface area contributed by atoms with Gasteiger partial charge in [-0.1, -0.05) is 0 Å². The molecule has 0 heterocycles. The number of nitro groups is 1. The van der Waals surface area contributed by atoms with Crippen molar-refractivity contribution >= 4 is 17.3 Å². The van der Waals surface area contributed by atoms with Gasteiger partial charge >= 0.3 is 0 Å². The molecule has 0 atom stereocenters. The van der Waals surface area contributed by atoms with Gasteiger partial charge in [-0.05, 0) is 25.5 Å². The maximum absolute atomic E-state index is 12.1. The van der Waals surface area contributed by atoms with Crippen molar-refractivity contribution < 1.29 is 14.8 Å². The van der Waals surface area contributed by atoms with Gasteiger partial charge in [0.2, 0.25) is 0 Å². The predicted molar refractivity (Wildman–Crippen MR) is 70.8 cm³/mol. The van der Waals surface area contributed by atoms with Gasteiger partial charge in [-0.3, -0.25) is 14.9 Å². The van der Waals surface area contributed by atoms with E-state index in [0.29, 0.717) is 25.1 Å². The van der Waals surface area contributed by atoms with Crippen LogP contribution >= 0.6 is 0 Å². The van der Waals surface area contributed by atoms with Gasteiger partial charge in [0.1, 0.15) is 5.69 Å². The Morgan fingerprint density at radius 3 is 2.68 bits per heavy atom. The van der Waals surface area contributed by atoms with Crippen LogP contribution in [0.5, 0.6) is 0 Å². The Labute approximate surface area is 110 Å². The highest BCUT2D eigenvalue weighted by atomic mass is 16.6. The number of anilines is 1. The Bertz CT molecular complexity index is 476. The lowest BCUT2D eigenvalue weighted by Gasteiger charge is -2.20. The minimum Gasteiger partial charge on any atom is -0.396 e. The number of aliphatic hydroxyl groups is 1. The van der Waals surface area contributed by atoms with Crippen molar-refractivity contribution in [1.29, 1.82) is 0 Å². The van der Waals surface area contributed by atoms with Crippen LogP contribution in [0.15, 0.2) is 18.2 Å². The third-order valence-electron chi connectivity index (χ3n) is 2.73. The van der Waals surface area contributed by atoms with Crippen LogP contribution in [0.25, 0.3) is 0 Å². The van der Waals surface area contributed by atoms with Gasteiger partial charge in [0, 0.05) is 31.3 Å². The Kier molecular flexibility index (Phi) is 5.25. The summed E-state index contributed by atoms with van der Waals surface area (Å²) in [4.78, 5) is 23.7. The van der Waals surface area contributed by atoms with Crippen molar-refractivity contribution in [2.75, 3.05) is 25.4 Å². The molecule has 0 fully saturated rings. The van der Waals surface area contributed by atoms with E-state index in [2.05, 4.69) is 0 Å². The summed E-state index contributed by atoms with van der Waals surface area (Å²) >= 11 is 0. The first-order chi connectivity index (χ1) is 9.01. The molecule has 3 N–H and O–H groups in total. The van der Waals surface area contributed by atoms with Crippen molar-refractivity contribution in [1.82, 2.24) is 4.90 Å². The molecule has 7 nitrogen and oxygen atoms in total. The number of amides is 1. The Morgan fingerprint density at radius 1 is 1.53 bits per heavy atom. The zero-order valence-electron chi connectivity index (χ0n) is 10.7. The third kappa shape index (κ3) is 3.65. The van der Waals surface area contributed by atoms with E-state index in [1.165, 1.54) is 18.2 Å². The van der Waals surface area contributed by atoms with E-state index in [9.17, 15) is 14.9 Å². The molecule has 0 saturated carbocycles. The monoisotopic (exact) mass is 267 g/mol. The minimum absolute atomic E-state index is 0.00613. The zero-order valence-corrected chi connectivity index (χ0v) is 10.7. The van der Waals surface area contributed by atoms with E-state index in [0.717, 1.165) is 0 Å². The molecule has 0 aliphatic rings. The second kappa shape index (κ2) is 6.69. The molecule has 0 bridgehead atoms. The number of benzene rings is 1. The van der Waals surface area contributed by atoms with E-state index in [1.54, 1.807) is 4.90 Å². The fourth-order valence-corrected chi connectivity index (χ4v) is 1.70. The van der Waals surface area contributed by atoms with Crippen LogP contribution in [-0.2, 0) is 0 Å². The van der Waals surface area contributed by atoms with Gasteiger partial charge in [-0.2, -0.15) is 0 Å². The summed E-state index contributed by atoms with van der Waals surface area (Å²) in [5.41, 5.74) is 5.61. The van der Waals surface area contributed by atoms with Crippen LogP contribution in [0.1, 0.15) is 23.7 Å². The zero-order chi connectivity index (χ0) is 14.4. The molecule has 0 radical (unpaired) electrons. The van der Waals surface area contributed by atoms with Gasteiger partial charge < -0.3 is 15.7 Å². The number of nitro benzene ring substituents is 1. The smallest absolute Gasteiger partial charge is 0.292 e. The van der Waals surface area contributed by atoms with E-state index in [4.69, 9.17) is 10.8 Å². The lowest BCUT2D eigenvalue weighted by molar-refractivity contribution is -0.383. The number of carbonyl (C=O) groups is 1. The maximum atomic E-state index is 12.1. The summed E-state index contributed by atoms with van der Waals surface area (Å²) in [7, 11) is 0. The van der Waals surface area contributed by atoms with E-state index in [-0.39, 0.29) is 23.9 Å². The highest BCUT2D eigenvalue weighted by molar-refractivity contribution is 5.95. The van der Waals surface area contributed by atoms with Gasteiger partial charge in [0.05, 0.1) is 4.92 Å².